The van der Waals surface area contributed by atoms with E-state index in [0.717, 1.165) is 4.91 Å². The molecular formula is C12H12N8O3S. The monoisotopic (exact) mass is 348 g/mol. The molecule has 0 saturated heterocycles. The molecule has 11 nitrogen and oxygen atoms in total. The van der Waals surface area contributed by atoms with Crippen molar-refractivity contribution < 1.29 is 13.2 Å². The predicted molar refractivity (Wildman–Crippen MR) is 81.2 cm³/mol. The first-order valence-corrected chi connectivity index (χ1v) is 8.16. The Balaban J connectivity index is 1.70. The van der Waals surface area contributed by atoms with E-state index >= 15 is 0 Å². The van der Waals surface area contributed by atoms with Crippen molar-refractivity contribution in [2.24, 2.45) is 5.14 Å². The first-order chi connectivity index (χ1) is 11.4. The molecule has 0 aliphatic carbocycles. The maximum atomic E-state index is 11.8. The van der Waals surface area contributed by atoms with Gasteiger partial charge in [0, 0.05) is 5.56 Å². The lowest BCUT2D eigenvalue weighted by molar-refractivity contribution is -0.118. The number of hydrogen-bond acceptors (Lipinski definition) is 7. The third kappa shape index (κ3) is 3.61. The fourth-order valence-corrected chi connectivity index (χ4v) is 2.41. The van der Waals surface area contributed by atoms with Crippen LogP contribution in [0.3, 0.4) is 0 Å². The number of hydrogen-bond donors (Lipinski definition) is 2. The van der Waals surface area contributed by atoms with Gasteiger partial charge in [0.15, 0.2) is 0 Å². The molecule has 24 heavy (non-hydrogen) atoms. The lowest BCUT2D eigenvalue weighted by atomic mass is 10.2. The fourth-order valence-electron chi connectivity index (χ4n) is 1.89. The van der Waals surface area contributed by atoms with Gasteiger partial charge in [0.05, 0.1) is 23.5 Å². The van der Waals surface area contributed by atoms with Crippen LogP contribution in [0.4, 0.5) is 0 Å². The lowest BCUT2D eigenvalue weighted by Gasteiger charge is -2.02. The van der Waals surface area contributed by atoms with E-state index in [9.17, 15) is 13.2 Å². The highest BCUT2D eigenvalue weighted by Gasteiger charge is 2.11. The summed E-state index contributed by atoms with van der Waals surface area (Å²) >= 11 is 0. The molecule has 1 aromatic carbocycles. The van der Waals surface area contributed by atoms with E-state index in [0.29, 0.717) is 11.3 Å². The van der Waals surface area contributed by atoms with Gasteiger partial charge in [-0.25, -0.2) is 23.7 Å². The Morgan fingerprint density at radius 3 is 2.46 bits per heavy atom. The second-order valence-corrected chi connectivity index (χ2v) is 6.29. The lowest BCUT2D eigenvalue weighted by Crippen LogP contribution is -2.28. The molecule has 0 fully saturated rings. The van der Waals surface area contributed by atoms with Crippen molar-refractivity contribution in [3.63, 3.8) is 0 Å². The summed E-state index contributed by atoms with van der Waals surface area (Å²) in [7, 11) is -3.75. The summed E-state index contributed by atoms with van der Waals surface area (Å²) in [5.74, 6) is -0.382. The van der Waals surface area contributed by atoms with Gasteiger partial charge in [-0.15, -0.1) is 15.3 Å². The zero-order chi connectivity index (χ0) is 17.2. The van der Waals surface area contributed by atoms with E-state index in [-0.39, 0.29) is 17.3 Å². The number of amides is 1. The molecule has 2 aromatic heterocycles. The molecule has 2 heterocycles. The van der Waals surface area contributed by atoms with Crippen LogP contribution in [0.25, 0.3) is 11.3 Å². The Kier molecular flexibility index (Phi) is 4.05. The van der Waals surface area contributed by atoms with Gasteiger partial charge in [-0.05, 0) is 12.1 Å². The molecule has 0 saturated carbocycles. The van der Waals surface area contributed by atoms with Crippen molar-refractivity contribution in [1.82, 2.24) is 30.1 Å². The summed E-state index contributed by atoms with van der Waals surface area (Å²) in [5.41, 5.74) is 3.56. The highest BCUT2D eigenvalue weighted by atomic mass is 32.2. The Bertz CT molecular complexity index is 947. The van der Waals surface area contributed by atoms with E-state index in [1.807, 2.05) is 0 Å². The topological polar surface area (TPSA) is 151 Å². The summed E-state index contributed by atoms with van der Waals surface area (Å²) < 4.78 is 23.8. The number of nitrogens with one attached hydrogen (secondary N) is 1. The Labute approximate surface area is 136 Å². The molecule has 0 unspecified atom stereocenters. The van der Waals surface area contributed by atoms with Crippen LogP contribution in [0.5, 0.6) is 0 Å². The number of primary sulfonamides is 1. The number of carbonyl (C=O) groups excluding carboxylic acids is 1. The van der Waals surface area contributed by atoms with Gasteiger partial charge in [0.25, 0.3) is 5.91 Å². The highest BCUT2D eigenvalue weighted by Crippen LogP contribution is 2.18. The average Bonchev–Trinajstić information content (AvgIpc) is 3.18. The molecule has 3 N–H and O–H groups in total. The summed E-state index contributed by atoms with van der Waals surface area (Å²) in [6.45, 7) is -0.0796. The molecule has 12 heteroatoms. The smallest absolute Gasteiger partial charge is 0.263 e. The van der Waals surface area contributed by atoms with E-state index < -0.39 is 10.0 Å². The van der Waals surface area contributed by atoms with Crippen LogP contribution in [0, 0.1) is 0 Å². The quantitative estimate of drug-likeness (QED) is 0.597. The maximum absolute atomic E-state index is 11.8. The number of sulfonamides is 1. The number of rotatable bonds is 5. The van der Waals surface area contributed by atoms with Crippen LogP contribution < -0.4 is 10.6 Å². The highest BCUT2D eigenvalue weighted by molar-refractivity contribution is 7.89. The van der Waals surface area contributed by atoms with Crippen LogP contribution in [0.1, 0.15) is 0 Å². The second kappa shape index (κ2) is 6.17. The van der Waals surface area contributed by atoms with Gasteiger partial charge in [0.1, 0.15) is 12.2 Å². The molecule has 0 bridgehead atoms. The maximum Gasteiger partial charge on any atom is 0.263 e. The SMILES string of the molecule is NS(=O)(=O)c1ccc(-c2cn(CC(=O)Nn3nccn3)nn2)cc1. The van der Waals surface area contributed by atoms with Gasteiger partial charge >= 0.3 is 0 Å². The van der Waals surface area contributed by atoms with Gasteiger partial charge in [-0.1, -0.05) is 22.3 Å². The zero-order valence-corrected chi connectivity index (χ0v) is 13.0. The molecule has 0 atom stereocenters. The van der Waals surface area contributed by atoms with Crippen LogP contribution in [-0.2, 0) is 21.4 Å². The third-order valence-electron chi connectivity index (χ3n) is 2.97. The molecule has 3 rings (SSSR count). The molecule has 3 aromatic rings. The normalized spacial score (nSPS) is 11.4. The number of aromatic nitrogens is 6. The van der Waals surface area contributed by atoms with Crippen molar-refractivity contribution in [1.29, 1.82) is 0 Å². The minimum Gasteiger partial charge on any atom is -0.271 e. The largest absolute Gasteiger partial charge is 0.271 e. The average molecular weight is 348 g/mol. The standard InChI is InChI=1S/C12H12N8O3S/c13-24(22,23)10-3-1-9(2-4-10)11-7-19(18-16-11)8-12(21)17-20-14-5-6-15-20/h1-7H,8H2,(H,17,21)(H2,13,22,23). The predicted octanol–water partition coefficient (Wildman–Crippen LogP) is -1.05. The van der Waals surface area contributed by atoms with Crippen molar-refractivity contribution in [3.05, 3.63) is 42.9 Å². The molecule has 0 spiro atoms. The molecular weight excluding hydrogens is 336 g/mol. The van der Waals surface area contributed by atoms with Gasteiger partial charge < -0.3 is 0 Å². The molecule has 0 radical (unpaired) electrons. The van der Waals surface area contributed by atoms with Crippen molar-refractivity contribution in [2.45, 2.75) is 11.4 Å². The minimum absolute atomic E-state index is 0.00439. The van der Waals surface area contributed by atoms with Gasteiger partial charge in [-0.3, -0.25) is 4.79 Å². The van der Waals surface area contributed by atoms with E-state index in [2.05, 4.69) is 25.9 Å². The number of carbonyl (C=O) groups is 1. The van der Waals surface area contributed by atoms with E-state index in [1.165, 1.54) is 29.2 Å². The van der Waals surface area contributed by atoms with Crippen LogP contribution >= 0.6 is 0 Å². The van der Waals surface area contributed by atoms with Crippen LogP contribution in [0.15, 0.2) is 47.8 Å². The third-order valence-corrected chi connectivity index (χ3v) is 3.90. The first kappa shape index (κ1) is 15.8. The van der Waals surface area contributed by atoms with Gasteiger partial charge in [0.2, 0.25) is 10.0 Å². The van der Waals surface area contributed by atoms with Gasteiger partial charge in [-0.2, -0.15) is 0 Å². The molecule has 1 amide bonds. The summed E-state index contributed by atoms with van der Waals surface area (Å²) in [5, 5.41) is 20.3. The number of benzene rings is 1. The molecule has 124 valence electrons. The Morgan fingerprint density at radius 2 is 1.83 bits per heavy atom. The number of nitrogens with two attached hydrogens (primary N) is 1. The summed E-state index contributed by atoms with van der Waals surface area (Å²) in [4.78, 5) is 12.8. The Hall–Kier alpha value is -3.12. The molecule has 0 aliphatic heterocycles. The summed E-state index contributed by atoms with van der Waals surface area (Å²) in [6, 6.07) is 5.86. The number of nitrogens with zero attached hydrogens (tertiary/aromatic N) is 6. The van der Waals surface area contributed by atoms with Crippen molar-refractivity contribution in [2.75, 3.05) is 5.43 Å². The summed E-state index contributed by atoms with van der Waals surface area (Å²) in [6.07, 6.45) is 4.42. The zero-order valence-electron chi connectivity index (χ0n) is 12.1. The Morgan fingerprint density at radius 1 is 1.17 bits per heavy atom. The molecule has 0 aliphatic rings. The van der Waals surface area contributed by atoms with Crippen molar-refractivity contribution in [3.8, 4) is 11.3 Å². The fraction of sp³-hybridized carbons (Fsp3) is 0.0833. The van der Waals surface area contributed by atoms with Crippen molar-refractivity contribution >= 4 is 15.9 Å². The minimum atomic E-state index is -3.75. The van der Waals surface area contributed by atoms with Crippen LogP contribution in [0.2, 0.25) is 0 Å². The van der Waals surface area contributed by atoms with Crippen LogP contribution in [-0.4, -0.2) is 44.4 Å². The van der Waals surface area contributed by atoms with E-state index in [1.54, 1.807) is 18.3 Å². The first-order valence-electron chi connectivity index (χ1n) is 6.61. The van der Waals surface area contributed by atoms with E-state index in [4.69, 9.17) is 5.14 Å². The second-order valence-electron chi connectivity index (χ2n) is 4.72.